The van der Waals surface area contributed by atoms with Crippen LogP contribution in [0.5, 0.6) is 0 Å². The lowest BCUT2D eigenvalue weighted by Crippen LogP contribution is -2.60. The number of hydrogen-bond donors (Lipinski definition) is 1. The molecule has 3 aliphatic rings. The van der Waals surface area contributed by atoms with Crippen molar-refractivity contribution in [3.05, 3.63) is 42.7 Å². The molecule has 4 unspecified atom stereocenters. The fraction of sp³-hybridized carbons (Fsp3) is 0.577. The van der Waals surface area contributed by atoms with Crippen molar-refractivity contribution in [1.29, 1.82) is 0 Å². The molecular formula is C26H34N8O. The summed E-state index contributed by atoms with van der Waals surface area (Å²) in [6.45, 7) is 9.09. The summed E-state index contributed by atoms with van der Waals surface area (Å²) in [5.74, 6) is 2.53. The molecule has 1 aliphatic heterocycles. The molecule has 6 rings (SSSR count). The van der Waals surface area contributed by atoms with E-state index in [1.165, 1.54) is 18.5 Å². The zero-order valence-corrected chi connectivity index (χ0v) is 20.9. The minimum absolute atomic E-state index is 0.0830. The van der Waals surface area contributed by atoms with E-state index in [2.05, 4.69) is 59.0 Å². The number of hydrogen-bond acceptors (Lipinski definition) is 6. The van der Waals surface area contributed by atoms with Crippen molar-refractivity contribution in [1.82, 2.24) is 34.6 Å². The number of carbonyl (C=O) groups is 1. The lowest BCUT2D eigenvalue weighted by molar-refractivity contribution is -0.127. The number of fused-ring (bicyclic) bond motifs is 1. The van der Waals surface area contributed by atoms with Gasteiger partial charge in [-0.05, 0) is 64.5 Å². The number of carbonyl (C=O) groups excluding carboxylic acids is 1. The predicted octanol–water partition coefficient (Wildman–Crippen LogP) is 3.72. The Morgan fingerprint density at radius 3 is 2.71 bits per heavy atom. The Balaban J connectivity index is 1.25. The Labute approximate surface area is 206 Å². The Morgan fingerprint density at radius 2 is 1.94 bits per heavy atom. The van der Waals surface area contributed by atoms with E-state index < -0.39 is 0 Å². The van der Waals surface area contributed by atoms with Crippen molar-refractivity contribution in [3.8, 4) is 11.5 Å². The van der Waals surface area contributed by atoms with Crippen LogP contribution in [-0.4, -0.2) is 47.9 Å². The fourth-order valence-electron chi connectivity index (χ4n) is 5.70. The minimum atomic E-state index is -0.174. The molecule has 0 aromatic carbocycles. The van der Waals surface area contributed by atoms with Gasteiger partial charge in [0, 0.05) is 29.7 Å². The molecule has 9 nitrogen and oxygen atoms in total. The van der Waals surface area contributed by atoms with Gasteiger partial charge < -0.3 is 9.13 Å². The third-order valence-corrected chi connectivity index (χ3v) is 7.87. The van der Waals surface area contributed by atoms with Gasteiger partial charge in [0.25, 0.3) is 0 Å². The quantitative estimate of drug-likeness (QED) is 0.619. The standard InChI is InChI=1S/C26H34N8O/c1-16-10-20-18(11-22(16)32-12-21(27-13-32)17-8-9-17)25(35)33(14-28-20)23-7-5-6-19(30-23)24-31-29-15-34(24)26(2,3)4/h5-7,12-13,15-18,20,22,28H,8-11,14H2,1-4H3. The molecule has 2 aliphatic carbocycles. The second-order valence-corrected chi connectivity index (χ2v) is 11.5. The van der Waals surface area contributed by atoms with E-state index in [-0.39, 0.29) is 29.4 Å². The molecule has 0 bridgehead atoms. The maximum absolute atomic E-state index is 13.8. The number of nitrogens with zero attached hydrogens (tertiary/aromatic N) is 7. The first-order valence-electron chi connectivity index (χ1n) is 12.8. The number of anilines is 1. The number of imidazole rings is 1. The van der Waals surface area contributed by atoms with Crippen LogP contribution in [0.3, 0.4) is 0 Å². The van der Waals surface area contributed by atoms with Gasteiger partial charge in [-0.2, -0.15) is 0 Å². The van der Waals surface area contributed by atoms with E-state index >= 15 is 0 Å². The number of nitrogens with one attached hydrogen (secondary N) is 1. The average molecular weight is 475 g/mol. The van der Waals surface area contributed by atoms with Crippen molar-refractivity contribution in [2.45, 2.75) is 76.9 Å². The summed E-state index contributed by atoms with van der Waals surface area (Å²) in [6, 6.07) is 6.25. The Hall–Kier alpha value is -3.07. The van der Waals surface area contributed by atoms with Crippen molar-refractivity contribution >= 4 is 11.7 Å². The van der Waals surface area contributed by atoms with Gasteiger partial charge in [-0.25, -0.2) is 9.97 Å². The number of rotatable bonds is 4. The third kappa shape index (κ3) is 4.05. The predicted molar refractivity (Wildman–Crippen MR) is 133 cm³/mol. The number of pyridine rings is 1. The smallest absolute Gasteiger partial charge is 0.234 e. The topological polar surface area (TPSA) is 93.8 Å². The summed E-state index contributed by atoms with van der Waals surface area (Å²) in [5, 5.41) is 12.1. The molecule has 9 heteroatoms. The molecule has 1 saturated heterocycles. The second-order valence-electron chi connectivity index (χ2n) is 11.5. The van der Waals surface area contributed by atoms with Crippen molar-refractivity contribution in [3.63, 3.8) is 0 Å². The highest BCUT2D eigenvalue weighted by atomic mass is 16.2. The summed E-state index contributed by atoms with van der Waals surface area (Å²) < 4.78 is 4.28. The Morgan fingerprint density at radius 1 is 1.11 bits per heavy atom. The molecule has 3 fully saturated rings. The maximum atomic E-state index is 13.8. The largest absolute Gasteiger partial charge is 0.334 e. The molecule has 3 aromatic heterocycles. The van der Waals surface area contributed by atoms with Crippen LogP contribution in [-0.2, 0) is 10.3 Å². The molecule has 4 heterocycles. The Kier molecular flexibility index (Phi) is 5.28. The zero-order valence-electron chi connectivity index (χ0n) is 20.9. The number of amides is 1. The molecule has 2 saturated carbocycles. The molecule has 0 spiro atoms. The third-order valence-electron chi connectivity index (χ3n) is 7.87. The van der Waals surface area contributed by atoms with Crippen LogP contribution < -0.4 is 10.2 Å². The first-order valence-corrected chi connectivity index (χ1v) is 12.8. The van der Waals surface area contributed by atoms with Gasteiger partial charge in [0.1, 0.15) is 17.8 Å². The van der Waals surface area contributed by atoms with Crippen LogP contribution in [0.1, 0.15) is 71.0 Å². The molecule has 0 radical (unpaired) electrons. The monoisotopic (exact) mass is 474 g/mol. The van der Waals surface area contributed by atoms with Crippen LogP contribution in [0.4, 0.5) is 5.82 Å². The highest BCUT2D eigenvalue weighted by Gasteiger charge is 2.44. The van der Waals surface area contributed by atoms with Gasteiger partial charge >= 0.3 is 0 Å². The first-order chi connectivity index (χ1) is 16.8. The van der Waals surface area contributed by atoms with Crippen LogP contribution >= 0.6 is 0 Å². The fourth-order valence-corrected chi connectivity index (χ4v) is 5.70. The van der Waals surface area contributed by atoms with Crippen LogP contribution in [0.25, 0.3) is 11.5 Å². The zero-order chi connectivity index (χ0) is 24.3. The molecule has 1 N–H and O–H groups in total. The van der Waals surface area contributed by atoms with Gasteiger partial charge in [-0.15, -0.1) is 10.2 Å². The molecule has 35 heavy (non-hydrogen) atoms. The van der Waals surface area contributed by atoms with Crippen LogP contribution in [0.2, 0.25) is 0 Å². The van der Waals surface area contributed by atoms with Crippen molar-refractivity contribution < 1.29 is 4.79 Å². The van der Waals surface area contributed by atoms with Crippen LogP contribution in [0, 0.1) is 11.8 Å². The summed E-state index contributed by atoms with van der Waals surface area (Å²) >= 11 is 0. The normalized spacial score (nSPS) is 27.2. The Bertz CT molecular complexity index is 1240. The van der Waals surface area contributed by atoms with Gasteiger partial charge in [0.05, 0.1) is 24.6 Å². The van der Waals surface area contributed by atoms with Gasteiger partial charge in [0.2, 0.25) is 5.91 Å². The first kappa shape index (κ1) is 22.4. The van der Waals surface area contributed by atoms with Crippen molar-refractivity contribution in [2.24, 2.45) is 11.8 Å². The van der Waals surface area contributed by atoms with Crippen LogP contribution in [0.15, 0.2) is 37.1 Å². The van der Waals surface area contributed by atoms with Gasteiger partial charge in [0.15, 0.2) is 5.82 Å². The summed E-state index contributed by atoms with van der Waals surface area (Å²) in [4.78, 5) is 25.1. The van der Waals surface area contributed by atoms with Gasteiger partial charge in [-0.3, -0.25) is 15.0 Å². The SMILES string of the molecule is CC1CC2NCN(c3cccc(-c4nncn4C(C)(C)C)n3)C(=O)C2CC1n1cnc(C2CC2)c1. The highest BCUT2D eigenvalue weighted by molar-refractivity contribution is 5.95. The molecular weight excluding hydrogens is 440 g/mol. The van der Waals surface area contributed by atoms with E-state index in [0.29, 0.717) is 35.8 Å². The average Bonchev–Trinajstić information content (AvgIpc) is 3.34. The summed E-state index contributed by atoms with van der Waals surface area (Å²) in [5.41, 5.74) is 1.75. The second kappa shape index (κ2) is 8.26. The van der Waals surface area contributed by atoms with E-state index in [4.69, 9.17) is 4.98 Å². The van der Waals surface area contributed by atoms with Crippen molar-refractivity contribution in [2.75, 3.05) is 11.6 Å². The van der Waals surface area contributed by atoms with E-state index in [1.54, 1.807) is 11.2 Å². The highest BCUT2D eigenvalue weighted by Crippen LogP contribution is 2.43. The lowest BCUT2D eigenvalue weighted by atomic mass is 9.74. The lowest BCUT2D eigenvalue weighted by Gasteiger charge is -2.45. The molecule has 4 atom stereocenters. The molecule has 184 valence electrons. The minimum Gasteiger partial charge on any atom is -0.334 e. The molecule has 3 aromatic rings. The number of aromatic nitrogens is 6. The maximum Gasteiger partial charge on any atom is 0.234 e. The summed E-state index contributed by atoms with van der Waals surface area (Å²) in [6.07, 6.45) is 10.2. The van der Waals surface area contributed by atoms with E-state index in [9.17, 15) is 4.79 Å². The van der Waals surface area contributed by atoms with Gasteiger partial charge in [-0.1, -0.05) is 13.0 Å². The molecule has 1 amide bonds. The summed E-state index contributed by atoms with van der Waals surface area (Å²) in [7, 11) is 0. The van der Waals surface area contributed by atoms with E-state index in [0.717, 1.165) is 12.8 Å². The van der Waals surface area contributed by atoms with E-state index in [1.807, 2.05) is 29.1 Å².